The number of nitrogens with two attached hydrogens (primary N) is 3. The van der Waals surface area contributed by atoms with Crippen molar-refractivity contribution in [1.29, 1.82) is 0 Å². The number of aromatic nitrogens is 2. The summed E-state index contributed by atoms with van der Waals surface area (Å²) in [6.07, 6.45) is 1.71. The third kappa shape index (κ3) is 22.5. The van der Waals surface area contributed by atoms with Crippen molar-refractivity contribution in [2.75, 3.05) is 19.6 Å². The van der Waals surface area contributed by atoms with Gasteiger partial charge in [0, 0.05) is 37.7 Å². The Balaban J connectivity index is 2.26. The number of guanidine groups is 1. The number of carboxylic acids is 2. The number of aliphatic imine (C=N–C) groups is 1. The number of rotatable bonds is 32. The van der Waals surface area contributed by atoms with Gasteiger partial charge in [-0.25, -0.2) is 9.78 Å². The smallest absolute Gasteiger partial charge is 0.326 e. The van der Waals surface area contributed by atoms with Gasteiger partial charge in [0.25, 0.3) is 0 Å². The predicted molar refractivity (Wildman–Crippen MR) is 265 cm³/mol. The molecule has 8 atom stereocenters. The first-order valence-corrected chi connectivity index (χ1v) is 23.7. The molecule has 1 aromatic heterocycles. The average molecular weight is 1040 g/mol. The molecule has 9 amide bonds. The van der Waals surface area contributed by atoms with Gasteiger partial charge in [-0.15, -0.1) is 0 Å². The summed E-state index contributed by atoms with van der Waals surface area (Å²) in [5, 5.41) is 41.2. The molecule has 0 saturated heterocycles. The molecular formula is C46H71N15O13. The van der Waals surface area contributed by atoms with E-state index in [0.717, 1.165) is 0 Å². The van der Waals surface area contributed by atoms with Crippen molar-refractivity contribution in [3.8, 4) is 0 Å². The second kappa shape index (κ2) is 31.3. The number of aromatic amines is 1. The maximum absolute atomic E-state index is 14.1. The monoisotopic (exact) mass is 1040 g/mol. The van der Waals surface area contributed by atoms with Crippen LogP contribution in [-0.2, 0) is 65.6 Å². The molecule has 0 aliphatic rings. The highest BCUT2D eigenvalue weighted by Crippen LogP contribution is 2.10. The molecule has 0 unspecified atom stereocenters. The number of amides is 9. The number of carbonyl (C=O) groups excluding carboxylic acids is 9. The number of imidazole rings is 1. The van der Waals surface area contributed by atoms with Gasteiger partial charge in [-0.05, 0) is 50.5 Å². The van der Waals surface area contributed by atoms with Crippen LogP contribution in [0, 0.1) is 11.8 Å². The fourth-order valence-corrected chi connectivity index (χ4v) is 6.88. The van der Waals surface area contributed by atoms with Crippen LogP contribution in [0.1, 0.15) is 78.5 Å². The second-order valence-corrected chi connectivity index (χ2v) is 17.9. The van der Waals surface area contributed by atoms with Crippen molar-refractivity contribution >= 4 is 71.1 Å². The molecule has 28 heteroatoms. The van der Waals surface area contributed by atoms with E-state index in [2.05, 4.69) is 62.8 Å². The summed E-state index contributed by atoms with van der Waals surface area (Å²) in [4.78, 5) is 154. The Bertz CT molecular complexity index is 2270. The van der Waals surface area contributed by atoms with Crippen molar-refractivity contribution in [2.24, 2.45) is 34.0 Å². The number of hydrogen-bond donors (Lipinski definition) is 15. The maximum Gasteiger partial charge on any atom is 0.326 e. The number of H-pyrrole nitrogens is 1. The van der Waals surface area contributed by atoms with Gasteiger partial charge in [-0.2, -0.15) is 0 Å². The normalized spacial score (nSPS) is 14.2. The fraction of sp³-hybridized carbons (Fsp3) is 0.543. The summed E-state index contributed by atoms with van der Waals surface area (Å²) < 4.78 is 0. The van der Waals surface area contributed by atoms with Crippen LogP contribution < -0.4 is 65.1 Å². The lowest BCUT2D eigenvalue weighted by Gasteiger charge is -2.27. The fourth-order valence-electron chi connectivity index (χ4n) is 6.88. The zero-order chi connectivity index (χ0) is 55.7. The first-order valence-electron chi connectivity index (χ1n) is 23.7. The molecular weight excluding hydrogens is 971 g/mol. The standard InChI is InChI=1S/C46H71N15O13/c1-23(2)36(44(72)61-37(24(3)4)45(73)74)60-42(70)30(14-15-35(64)65)57-34(63)21-52-40(68)32(18-28-20-50-22-53-28)59-43(71)31(17-27-11-8-7-9-12-27)58-39(67)26(6)54-38(66)25(5)55-41(69)29(56-33(62)19-47)13-10-16-51-46(48)49/h7-9,11-12,20,22-26,29-32,36-37H,10,13-19,21,47H2,1-6H3,(H,50,53)(H,52,68)(H,54,66)(H,55,69)(H,56,62)(H,57,63)(H,58,67)(H,59,71)(H,60,70)(H,61,72)(H,64,65)(H,73,74)(H4,48,49,51)/t25-,26-,29-,30-,31-,32-,36-,37-/m0/s1. The van der Waals surface area contributed by atoms with Gasteiger partial charge >= 0.3 is 11.9 Å². The van der Waals surface area contributed by atoms with Crippen LogP contribution in [0.3, 0.4) is 0 Å². The molecule has 0 radical (unpaired) electrons. The number of carboxylic acid groups (broad SMARTS) is 2. The Morgan fingerprint density at radius 2 is 1.14 bits per heavy atom. The van der Waals surface area contributed by atoms with E-state index < -0.39 is 151 Å². The van der Waals surface area contributed by atoms with E-state index in [4.69, 9.17) is 17.2 Å². The second-order valence-electron chi connectivity index (χ2n) is 17.9. The third-order valence-corrected chi connectivity index (χ3v) is 11.0. The summed E-state index contributed by atoms with van der Waals surface area (Å²) in [5.74, 6) is -11.4. The molecule has 18 N–H and O–H groups in total. The molecule has 74 heavy (non-hydrogen) atoms. The van der Waals surface area contributed by atoms with Gasteiger partial charge in [0.1, 0.15) is 48.3 Å². The quantitative estimate of drug-likeness (QED) is 0.0187. The van der Waals surface area contributed by atoms with Gasteiger partial charge in [-0.3, -0.25) is 52.9 Å². The van der Waals surface area contributed by atoms with Crippen molar-refractivity contribution in [2.45, 2.75) is 128 Å². The zero-order valence-electron chi connectivity index (χ0n) is 42.2. The lowest BCUT2D eigenvalue weighted by Crippen LogP contribution is -2.59. The minimum absolute atomic E-state index is 0.0884. The molecule has 0 aliphatic carbocycles. The van der Waals surface area contributed by atoms with Crippen molar-refractivity contribution in [3.63, 3.8) is 0 Å². The number of aliphatic carboxylic acids is 2. The van der Waals surface area contributed by atoms with E-state index in [0.29, 0.717) is 11.3 Å². The maximum atomic E-state index is 14.1. The molecule has 1 heterocycles. The molecule has 0 saturated carbocycles. The molecule has 2 aromatic rings. The summed E-state index contributed by atoms with van der Waals surface area (Å²) in [6, 6.07) is -2.08. The van der Waals surface area contributed by atoms with Crippen LogP contribution in [0.4, 0.5) is 0 Å². The molecule has 1 aromatic carbocycles. The molecule has 0 spiro atoms. The summed E-state index contributed by atoms with van der Waals surface area (Å²) in [7, 11) is 0. The van der Waals surface area contributed by atoms with Gasteiger partial charge in [0.05, 0.1) is 19.4 Å². The molecule has 28 nitrogen and oxygen atoms in total. The highest BCUT2D eigenvalue weighted by atomic mass is 16.4. The van der Waals surface area contributed by atoms with E-state index in [9.17, 15) is 63.0 Å². The van der Waals surface area contributed by atoms with Gasteiger partial charge < -0.3 is 80.2 Å². The number of benzene rings is 1. The lowest BCUT2D eigenvalue weighted by atomic mass is 9.99. The van der Waals surface area contributed by atoms with E-state index in [1.807, 2.05) is 0 Å². The van der Waals surface area contributed by atoms with Crippen LogP contribution in [0.25, 0.3) is 0 Å². The van der Waals surface area contributed by atoms with Crippen molar-refractivity contribution in [1.82, 2.24) is 57.8 Å². The largest absolute Gasteiger partial charge is 0.481 e. The SMILES string of the molecule is CC(C)[C@H](NC(=O)[C@@H](NC(=O)[C@H](CCC(=O)O)NC(=O)CNC(=O)[C@H](Cc1cnc[nH]1)NC(=O)[C@H](Cc1ccccc1)NC(=O)[C@H](C)NC(=O)[C@H](C)NC(=O)[C@H](CCCN=C(N)N)NC(=O)CN)C(C)C)C(=O)O. The number of hydrogen-bond acceptors (Lipinski definition) is 14. The van der Waals surface area contributed by atoms with E-state index >= 15 is 0 Å². The van der Waals surface area contributed by atoms with E-state index in [-0.39, 0.29) is 38.2 Å². The number of carbonyl (C=O) groups is 11. The Morgan fingerprint density at radius 3 is 1.69 bits per heavy atom. The van der Waals surface area contributed by atoms with Crippen LogP contribution in [0.2, 0.25) is 0 Å². The van der Waals surface area contributed by atoms with Gasteiger partial charge in [0.2, 0.25) is 53.2 Å². The van der Waals surface area contributed by atoms with Crippen molar-refractivity contribution in [3.05, 3.63) is 54.1 Å². The predicted octanol–water partition coefficient (Wildman–Crippen LogP) is -4.50. The minimum atomic E-state index is -1.54. The topological polar surface area (TPSA) is 456 Å². The average Bonchev–Trinajstić information content (AvgIpc) is 3.86. The first-order chi connectivity index (χ1) is 34.8. The minimum Gasteiger partial charge on any atom is -0.481 e. The highest BCUT2D eigenvalue weighted by molar-refractivity contribution is 5.98. The Morgan fingerprint density at radius 1 is 0.608 bits per heavy atom. The highest BCUT2D eigenvalue weighted by Gasteiger charge is 2.34. The van der Waals surface area contributed by atoms with Crippen LogP contribution in [-0.4, -0.2) is 159 Å². The molecule has 2 rings (SSSR count). The van der Waals surface area contributed by atoms with Gasteiger partial charge in [0.15, 0.2) is 5.96 Å². The third-order valence-electron chi connectivity index (χ3n) is 11.0. The van der Waals surface area contributed by atoms with Crippen LogP contribution in [0.15, 0.2) is 47.8 Å². The molecule has 0 fully saturated rings. The van der Waals surface area contributed by atoms with Gasteiger partial charge in [-0.1, -0.05) is 58.0 Å². The summed E-state index contributed by atoms with van der Waals surface area (Å²) >= 11 is 0. The van der Waals surface area contributed by atoms with Crippen molar-refractivity contribution < 1.29 is 63.0 Å². The molecule has 0 aliphatic heterocycles. The van der Waals surface area contributed by atoms with E-state index in [1.54, 1.807) is 58.0 Å². The van der Waals surface area contributed by atoms with Crippen LogP contribution in [0.5, 0.6) is 0 Å². The number of nitrogens with zero attached hydrogens (tertiary/aromatic N) is 2. The lowest BCUT2D eigenvalue weighted by molar-refractivity contribution is -0.144. The summed E-state index contributed by atoms with van der Waals surface area (Å²) in [6.45, 7) is 7.92. The van der Waals surface area contributed by atoms with E-state index in [1.165, 1.54) is 26.4 Å². The summed E-state index contributed by atoms with van der Waals surface area (Å²) in [5.41, 5.74) is 17.1. The Hall–Kier alpha value is -8.17. The Labute approximate surface area is 427 Å². The van der Waals surface area contributed by atoms with Crippen LogP contribution >= 0.6 is 0 Å². The molecule has 408 valence electrons. The zero-order valence-corrected chi connectivity index (χ0v) is 42.2. The number of nitrogens with one attached hydrogen (secondary N) is 10. The Kier molecular flexibility index (Phi) is 26.2. The first kappa shape index (κ1) is 61.9. The molecule has 0 bridgehead atoms.